The Labute approximate surface area is 118 Å². The Balaban J connectivity index is 1.78. The molecule has 2 rings (SSSR count). The molecule has 0 radical (unpaired) electrons. The van der Waals surface area contributed by atoms with Crippen LogP contribution in [0.2, 0.25) is 0 Å². The summed E-state index contributed by atoms with van der Waals surface area (Å²) in [5, 5.41) is 9.79. The summed E-state index contributed by atoms with van der Waals surface area (Å²) in [7, 11) is 2.21. The molecule has 2 atom stereocenters. The summed E-state index contributed by atoms with van der Waals surface area (Å²) in [5.41, 5.74) is 0.412. The number of hydrogen-bond donors (Lipinski definition) is 1. The Morgan fingerprint density at radius 3 is 2.68 bits per heavy atom. The Kier molecular flexibility index (Phi) is 5.43. The summed E-state index contributed by atoms with van der Waals surface area (Å²) in [5.74, 6) is 0. The van der Waals surface area contributed by atoms with Crippen molar-refractivity contribution in [2.45, 2.75) is 45.1 Å². The molecule has 3 nitrogen and oxygen atoms in total. The van der Waals surface area contributed by atoms with E-state index in [1.165, 1.54) is 45.6 Å². The predicted molar refractivity (Wildman–Crippen MR) is 80.3 cm³/mol. The molecule has 1 aliphatic carbocycles. The Morgan fingerprint density at radius 2 is 1.95 bits per heavy atom. The Morgan fingerprint density at radius 1 is 1.21 bits per heavy atom. The highest BCUT2D eigenvalue weighted by Gasteiger charge is 2.26. The van der Waals surface area contributed by atoms with Crippen molar-refractivity contribution in [3.63, 3.8) is 0 Å². The molecule has 0 spiro atoms. The second kappa shape index (κ2) is 6.87. The second-order valence-electron chi connectivity index (χ2n) is 6.78. The largest absolute Gasteiger partial charge is 0.389 e. The van der Waals surface area contributed by atoms with Crippen LogP contribution in [0.4, 0.5) is 0 Å². The number of aliphatic hydroxyl groups is 1. The number of allylic oxidation sites excluding steroid dienone is 1. The lowest BCUT2D eigenvalue weighted by molar-refractivity contribution is 0.114. The summed E-state index contributed by atoms with van der Waals surface area (Å²) >= 11 is 0. The molecule has 0 aromatic rings. The van der Waals surface area contributed by atoms with E-state index in [-0.39, 0.29) is 6.10 Å². The van der Waals surface area contributed by atoms with Crippen LogP contribution in [0.1, 0.15) is 39.0 Å². The van der Waals surface area contributed by atoms with Gasteiger partial charge in [-0.3, -0.25) is 0 Å². The second-order valence-corrected chi connectivity index (χ2v) is 6.78. The molecule has 1 N–H and O–H groups in total. The summed E-state index contributed by atoms with van der Waals surface area (Å²) in [6, 6.07) is 0. The van der Waals surface area contributed by atoms with E-state index in [1.54, 1.807) is 0 Å². The number of nitrogens with zero attached hydrogens (tertiary/aromatic N) is 2. The van der Waals surface area contributed by atoms with Crippen molar-refractivity contribution < 1.29 is 5.11 Å². The molecule has 0 amide bonds. The van der Waals surface area contributed by atoms with Crippen molar-refractivity contribution in [2.24, 2.45) is 5.41 Å². The van der Waals surface area contributed by atoms with Gasteiger partial charge in [-0.2, -0.15) is 0 Å². The first kappa shape index (κ1) is 15.0. The number of likely N-dealkylation sites (N-methyl/N-ethyl adjacent to an activating group) is 1. The molecule has 0 saturated carbocycles. The smallest absolute Gasteiger partial charge is 0.0721 e. The van der Waals surface area contributed by atoms with Crippen molar-refractivity contribution in [2.75, 3.05) is 39.8 Å². The van der Waals surface area contributed by atoms with Crippen LogP contribution in [-0.4, -0.2) is 60.8 Å². The Bertz CT molecular complexity index is 297. The van der Waals surface area contributed by atoms with E-state index < -0.39 is 0 Å². The highest BCUT2D eigenvalue weighted by atomic mass is 16.3. The average molecular weight is 266 g/mol. The minimum Gasteiger partial charge on any atom is -0.389 e. The summed E-state index contributed by atoms with van der Waals surface area (Å²) < 4.78 is 0. The quantitative estimate of drug-likeness (QED) is 0.793. The minimum atomic E-state index is -0.219. The van der Waals surface area contributed by atoms with Gasteiger partial charge in [0.1, 0.15) is 0 Å². The lowest BCUT2D eigenvalue weighted by Gasteiger charge is -2.37. The highest BCUT2D eigenvalue weighted by molar-refractivity contribution is 4.94. The van der Waals surface area contributed by atoms with Crippen molar-refractivity contribution >= 4 is 0 Å². The van der Waals surface area contributed by atoms with Gasteiger partial charge in [0.15, 0.2) is 0 Å². The lowest BCUT2D eigenvalue weighted by Crippen LogP contribution is -2.45. The van der Waals surface area contributed by atoms with E-state index >= 15 is 0 Å². The third-order valence-corrected chi connectivity index (χ3v) is 4.94. The summed E-state index contributed by atoms with van der Waals surface area (Å²) in [4.78, 5) is 5.02. The average Bonchev–Trinajstić information content (AvgIpc) is 2.39. The normalized spacial score (nSPS) is 36.7. The predicted octanol–water partition coefficient (Wildman–Crippen LogP) is 2.12. The van der Waals surface area contributed by atoms with Crippen LogP contribution in [0.3, 0.4) is 0 Å². The van der Waals surface area contributed by atoms with Crippen molar-refractivity contribution in [3.8, 4) is 0 Å². The maximum atomic E-state index is 9.79. The van der Waals surface area contributed by atoms with Gasteiger partial charge in [-0.05, 0) is 51.1 Å². The van der Waals surface area contributed by atoms with Crippen LogP contribution in [0.15, 0.2) is 12.2 Å². The number of rotatable bonds is 3. The number of hydrogen-bond acceptors (Lipinski definition) is 3. The van der Waals surface area contributed by atoms with Crippen molar-refractivity contribution in [1.82, 2.24) is 9.80 Å². The molecule has 0 bridgehead atoms. The van der Waals surface area contributed by atoms with Gasteiger partial charge in [0.25, 0.3) is 0 Å². The molecule has 3 heteroatoms. The van der Waals surface area contributed by atoms with Gasteiger partial charge in [-0.1, -0.05) is 19.1 Å². The van der Waals surface area contributed by atoms with Crippen LogP contribution in [0, 0.1) is 5.41 Å². The standard InChI is InChI=1S/C16H30N2O/c1-16(7-4-3-5-15(19)6-8-16)9-10-18-13-11-17(2)12-14-18/h3,5,15,19H,4,6-14H2,1-2H3/b5-3-/t15-,16+/m1/s1. The van der Waals surface area contributed by atoms with Crippen LogP contribution in [0.25, 0.3) is 0 Å². The van der Waals surface area contributed by atoms with E-state index in [4.69, 9.17) is 0 Å². The molecule has 19 heavy (non-hydrogen) atoms. The van der Waals surface area contributed by atoms with Crippen LogP contribution in [-0.2, 0) is 0 Å². The third kappa shape index (κ3) is 4.90. The fourth-order valence-corrected chi connectivity index (χ4v) is 3.15. The molecular formula is C16H30N2O. The van der Waals surface area contributed by atoms with E-state index in [2.05, 4.69) is 29.8 Å². The maximum Gasteiger partial charge on any atom is 0.0721 e. The van der Waals surface area contributed by atoms with Gasteiger partial charge < -0.3 is 14.9 Å². The number of aliphatic hydroxyl groups excluding tert-OH is 1. The van der Waals surface area contributed by atoms with Gasteiger partial charge in [0.2, 0.25) is 0 Å². The zero-order valence-corrected chi connectivity index (χ0v) is 12.6. The highest BCUT2D eigenvalue weighted by Crippen LogP contribution is 2.35. The van der Waals surface area contributed by atoms with Gasteiger partial charge in [-0.15, -0.1) is 0 Å². The van der Waals surface area contributed by atoms with E-state index in [0.29, 0.717) is 5.41 Å². The van der Waals surface area contributed by atoms with E-state index in [0.717, 1.165) is 19.3 Å². The van der Waals surface area contributed by atoms with E-state index in [9.17, 15) is 5.11 Å². The zero-order chi connectivity index (χ0) is 13.7. The minimum absolute atomic E-state index is 0.219. The SMILES string of the molecule is CN1CCN(CC[C@@]2(C)CC/C=C\[C@@H](O)CC2)CC1. The summed E-state index contributed by atoms with van der Waals surface area (Å²) in [6.07, 6.45) is 9.67. The molecular weight excluding hydrogens is 236 g/mol. The van der Waals surface area contributed by atoms with Crippen LogP contribution in [0.5, 0.6) is 0 Å². The fourth-order valence-electron chi connectivity index (χ4n) is 3.15. The lowest BCUT2D eigenvalue weighted by atomic mass is 9.76. The monoisotopic (exact) mass is 266 g/mol. The summed E-state index contributed by atoms with van der Waals surface area (Å²) in [6.45, 7) is 8.49. The van der Waals surface area contributed by atoms with Crippen molar-refractivity contribution in [3.05, 3.63) is 12.2 Å². The molecule has 1 fully saturated rings. The molecule has 0 aromatic heterocycles. The Hall–Kier alpha value is -0.380. The maximum absolute atomic E-state index is 9.79. The topological polar surface area (TPSA) is 26.7 Å². The van der Waals surface area contributed by atoms with Crippen LogP contribution >= 0.6 is 0 Å². The molecule has 2 aliphatic rings. The fraction of sp³-hybridized carbons (Fsp3) is 0.875. The van der Waals surface area contributed by atoms with Gasteiger partial charge in [0.05, 0.1) is 6.10 Å². The molecule has 1 heterocycles. The van der Waals surface area contributed by atoms with Gasteiger partial charge >= 0.3 is 0 Å². The first-order valence-electron chi connectivity index (χ1n) is 7.83. The van der Waals surface area contributed by atoms with Gasteiger partial charge in [0, 0.05) is 26.2 Å². The first-order chi connectivity index (χ1) is 9.07. The molecule has 1 aliphatic heterocycles. The molecule has 0 unspecified atom stereocenters. The first-order valence-corrected chi connectivity index (χ1v) is 7.83. The van der Waals surface area contributed by atoms with Crippen LogP contribution < -0.4 is 0 Å². The number of piperazine rings is 1. The third-order valence-electron chi connectivity index (χ3n) is 4.94. The molecule has 0 aromatic carbocycles. The zero-order valence-electron chi connectivity index (χ0n) is 12.6. The van der Waals surface area contributed by atoms with E-state index in [1.807, 2.05) is 6.08 Å². The molecule has 110 valence electrons. The van der Waals surface area contributed by atoms with Gasteiger partial charge in [-0.25, -0.2) is 0 Å². The van der Waals surface area contributed by atoms with Crippen molar-refractivity contribution in [1.29, 1.82) is 0 Å². The molecule has 1 saturated heterocycles.